The molecule has 92 valence electrons. The summed E-state index contributed by atoms with van der Waals surface area (Å²) in [5, 5.41) is 15.7. The van der Waals surface area contributed by atoms with Crippen LogP contribution in [0.25, 0.3) is 0 Å². The van der Waals surface area contributed by atoms with Gasteiger partial charge >= 0.3 is 0 Å². The van der Waals surface area contributed by atoms with Gasteiger partial charge in [0, 0.05) is 32.7 Å². The van der Waals surface area contributed by atoms with E-state index in [2.05, 4.69) is 10.4 Å². The van der Waals surface area contributed by atoms with Crippen molar-refractivity contribution in [3.8, 4) is 0 Å². The highest BCUT2D eigenvalue weighted by atomic mass is 16.7. The van der Waals surface area contributed by atoms with Crippen molar-refractivity contribution in [2.75, 3.05) is 33.4 Å². The summed E-state index contributed by atoms with van der Waals surface area (Å²) in [6, 6.07) is 0. The molecule has 0 radical (unpaired) electrons. The molecule has 7 heteroatoms. The van der Waals surface area contributed by atoms with Crippen molar-refractivity contribution in [1.29, 1.82) is 0 Å². The number of nitrogens with zero attached hydrogens (tertiary/aromatic N) is 3. The molecule has 0 spiro atoms. The second kappa shape index (κ2) is 6.26. The number of hydrogen-bond donors (Lipinski definition) is 1. The molecule has 0 aromatic heterocycles. The average molecular weight is 230 g/mol. The van der Waals surface area contributed by atoms with Crippen molar-refractivity contribution in [1.82, 2.24) is 10.2 Å². The van der Waals surface area contributed by atoms with Crippen molar-refractivity contribution in [2.45, 2.75) is 13.3 Å². The molecular weight excluding hydrogens is 212 g/mol. The maximum absolute atomic E-state index is 10.4. The Morgan fingerprint density at radius 3 is 2.94 bits per heavy atom. The lowest BCUT2D eigenvalue weighted by Crippen LogP contribution is -2.42. The van der Waals surface area contributed by atoms with Crippen molar-refractivity contribution in [2.24, 2.45) is 11.0 Å². The van der Waals surface area contributed by atoms with E-state index in [-0.39, 0.29) is 0 Å². The molecule has 0 aromatic carbocycles. The van der Waals surface area contributed by atoms with Crippen LogP contribution in [0.15, 0.2) is 5.10 Å². The molecule has 16 heavy (non-hydrogen) atoms. The summed E-state index contributed by atoms with van der Waals surface area (Å²) in [5.74, 6) is 0.740. The molecule has 1 aliphatic rings. The average Bonchev–Trinajstić information content (AvgIpc) is 2.75. The van der Waals surface area contributed by atoms with Gasteiger partial charge in [-0.15, -0.1) is 0 Å². The number of guanidine groups is 1. The Labute approximate surface area is 94.6 Å². The zero-order chi connectivity index (χ0) is 12.0. The Morgan fingerprint density at radius 2 is 2.50 bits per heavy atom. The zero-order valence-corrected chi connectivity index (χ0v) is 9.68. The summed E-state index contributed by atoms with van der Waals surface area (Å²) in [6.07, 6.45) is 1.01. The van der Waals surface area contributed by atoms with Gasteiger partial charge in [-0.2, -0.15) is 0 Å². The maximum atomic E-state index is 10.4. The van der Waals surface area contributed by atoms with E-state index in [1.54, 1.807) is 7.05 Å². The van der Waals surface area contributed by atoms with Crippen LogP contribution >= 0.6 is 0 Å². The highest BCUT2D eigenvalue weighted by molar-refractivity contribution is 5.78. The van der Waals surface area contributed by atoms with Gasteiger partial charge in [-0.25, -0.2) is 10.1 Å². The molecule has 0 aliphatic carbocycles. The first-order chi connectivity index (χ1) is 7.67. The van der Waals surface area contributed by atoms with Gasteiger partial charge in [0.1, 0.15) is 5.10 Å². The van der Waals surface area contributed by atoms with Crippen LogP contribution in [0.5, 0.6) is 0 Å². The Morgan fingerprint density at radius 1 is 1.75 bits per heavy atom. The van der Waals surface area contributed by atoms with Crippen LogP contribution in [0, 0.1) is 16.0 Å². The van der Waals surface area contributed by atoms with E-state index in [1.165, 1.54) is 0 Å². The summed E-state index contributed by atoms with van der Waals surface area (Å²) >= 11 is 0. The van der Waals surface area contributed by atoms with Crippen molar-refractivity contribution < 1.29 is 9.77 Å². The number of hydrazone groups is 1. The fraction of sp³-hybridized carbons (Fsp3) is 0.889. The fourth-order valence-electron chi connectivity index (χ4n) is 1.75. The first-order valence-corrected chi connectivity index (χ1v) is 5.40. The minimum atomic E-state index is -0.681. The van der Waals surface area contributed by atoms with Crippen LogP contribution in [-0.2, 0) is 4.74 Å². The van der Waals surface area contributed by atoms with Crippen LogP contribution < -0.4 is 5.32 Å². The number of ether oxygens (including phenoxy) is 1. The normalized spacial score (nSPS) is 20.9. The summed E-state index contributed by atoms with van der Waals surface area (Å²) < 4.78 is 5.28. The Hall–Kier alpha value is -1.37. The lowest BCUT2D eigenvalue weighted by molar-refractivity contribution is -0.485. The molecule has 0 saturated carbocycles. The number of nitro groups is 1. The van der Waals surface area contributed by atoms with E-state index >= 15 is 0 Å². The molecule has 1 atom stereocenters. The molecular formula is C9H18N4O3. The van der Waals surface area contributed by atoms with Gasteiger partial charge < -0.3 is 15.0 Å². The van der Waals surface area contributed by atoms with E-state index in [4.69, 9.17) is 4.74 Å². The van der Waals surface area contributed by atoms with Gasteiger partial charge in [-0.1, -0.05) is 0 Å². The molecule has 1 fully saturated rings. The zero-order valence-electron chi connectivity index (χ0n) is 9.68. The predicted octanol–water partition coefficient (Wildman–Crippen LogP) is 0.112. The fourth-order valence-corrected chi connectivity index (χ4v) is 1.75. The van der Waals surface area contributed by atoms with E-state index in [0.29, 0.717) is 18.4 Å². The highest BCUT2D eigenvalue weighted by Crippen LogP contribution is 2.13. The SMILES string of the molecule is CCN(CC1CCOC1)/C(=N/[N+](=O)[O-])NC. The molecule has 1 unspecified atom stereocenters. The van der Waals surface area contributed by atoms with Crippen LogP contribution in [0.4, 0.5) is 0 Å². The molecule has 7 nitrogen and oxygen atoms in total. The first-order valence-electron chi connectivity index (χ1n) is 5.40. The van der Waals surface area contributed by atoms with Gasteiger partial charge in [-0.05, 0) is 13.3 Å². The molecule has 1 N–H and O–H groups in total. The molecule has 1 saturated heterocycles. The lowest BCUT2D eigenvalue weighted by atomic mass is 10.1. The maximum Gasteiger partial charge on any atom is 0.271 e. The number of rotatable bonds is 4. The standard InChI is InChI=1S/C9H18N4O3/c1-3-12(6-8-4-5-16-7-8)9(10-2)11-13(14)15/h8H,3-7H2,1-2H3,(H,10,11). The summed E-state index contributed by atoms with van der Waals surface area (Å²) in [4.78, 5) is 12.2. The van der Waals surface area contributed by atoms with Crippen molar-refractivity contribution in [3.63, 3.8) is 0 Å². The highest BCUT2D eigenvalue weighted by Gasteiger charge is 2.21. The molecule has 1 aliphatic heterocycles. The third-order valence-corrected chi connectivity index (χ3v) is 2.58. The third kappa shape index (κ3) is 3.65. The second-order valence-corrected chi connectivity index (χ2v) is 3.68. The van der Waals surface area contributed by atoms with Crippen molar-refractivity contribution in [3.05, 3.63) is 10.1 Å². The Bertz CT molecular complexity index is 263. The van der Waals surface area contributed by atoms with Gasteiger partial charge in [0.2, 0.25) is 0 Å². The van der Waals surface area contributed by atoms with Crippen LogP contribution in [-0.4, -0.2) is 49.2 Å². The van der Waals surface area contributed by atoms with Crippen LogP contribution in [0.1, 0.15) is 13.3 Å². The van der Waals surface area contributed by atoms with E-state index in [9.17, 15) is 10.1 Å². The minimum absolute atomic E-state index is 0.305. The quantitative estimate of drug-likeness (QED) is 0.321. The smallest absolute Gasteiger partial charge is 0.271 e. The van der Waals surface area contributed by atoms with Crippen LogP contribution in [0.2, 0.25) is 0 Å². The topological polar surface area (TPSA) is 80.0 Å². The number of nitrogens with one attached hydrogen (secondary N) is 1. The molecule has 0 bridgehead atoms. The minimum Gasteiger partial charge on any atom is -0.381 e. The van der Waals surface area contributed by atoms with Crippen molar-refractivity contribution >= 4 is 5.96 Å². The molecule has 0 amide bonds. The Kier molecular flexibility index (Phi) is 4.97. The second-order valence-electron chi connectivity index (χ2n) is 3.68. The van der Waals surface area contributed by atoms with E-state index < -0.39 is 5.03 Å². The molecule has 0 aromatic rings. The number of hydrogen-bond acceptors (Lipinski definition) is 3. The summed E-state index contributed by atoms with van der Waals surface area (Å²) in [5.41, 5.74) is 0. The summed E-state index contributed by atoms with van der Waals surface area (Å²) in [7, 11) is 1.64. The third-order valence-electron chi connectivity index (χ3n) is 2.58. The summed E-state index contributed by atoms with van der Waals surface area (Å²) in [6.45, 7) is 4.88. The van der Waals surface area contributed by atoms with E-state index in [0.717, 1.165) is 26.2 Å². The monoisotopic (exact) mass is 230 g/mol. The predicted molar refractivity (Wildman–Crippen MR) is 59.7 cm³/mol. The van der Waals surface area contributed by atoms with E-state index in [1.807, 2.05) is 11.8 Å². The van der Waals surface area contributed by atoms with Gasteiger partial charge in [0.15, 0.2) is 5.03 Å². The van der Waals surface area contributed by atoms with Gasteiger partial charge in [0.25, 0.3) is 5.96 Å². The van der Waals surface area contributed by atoms with Gasteiger partial charge in [0.05, 0.1) is 6.61 Å². The molecule has 1 rings (SSSR count). The largest absolute Gasteiger partial charge is 0.381 e. The lowest BCUT2D eigenvalue weighted by Gasteiger charge is -2.24. The molecule has 1 heterocycles. The first kappa shape index (κ1) is 12.7. The van der Waals surface area contributed by atoms with Gasteiger partial charge in [-0.3, -0.25) is 0 Å². The Balaban J connectivity index is 2.59. The van der Waals surface area contributed by atoms with Crippen LogP contribution in [0.3, 0.4) is 0 Å².